The van der Waals surface area contributed by atoms with Gasteiger partial charge in [-0.05, 0) is 58.3 Å². The number of rotatable bonds is 4. The summed E-state index contributed by atoms with van der Waals surface area (Å²) in [4.78, 5) is 12.9. The van der Waals surface area contributed by atoms with Crippen molar-refractivity contribution in [2.75, 3.05) is 25.5 Å². The van der Waals surface area contributed by atoms with Gasteiger partial charge in [0.05, 0.1) is 4.92 Å². The summed E-state index contributed by atoms with van der Waals surface area (Å²) in [6.45, 7) is 6.41. The van der Waals surface area contributed by atoms with Crippen LogP contribution in [0.2, 0.25) is 0 Å². The van der Waals surface area contributed by atoms with Gasteiger partial charge in [0.15, 0.2) is 0 Å². The molecule has 5 nitrogen and oxygen atoms in total. The van der Waals surface area contributed by atoms with Crippen LogP contribution in [0.25, 0.3) is 0 Å². The molecule has 0 bridgehead atoms. The Labute approximate surface area is 120 Å². The molecule has 1 heterocycles. The lowest BCUT2D eigenvalue weighted by molar-refractivity contribution is -0.384. The molecule has 0 saturated carbocycles. The molecule has 0 amide bonds. The summed E-state index contributed by atoms with van der Waals surface area (Å²) in [5.41, 5.74) is 2.08. The van der Waals surface area contributed by atoms with Crippen molar-refractivity contribution in [3.05, 3.63) is 33.9 Å². The van der Waals surface area contributed by atoms with Crippen LogP contribution in [0, 0.1) is 23.0 Å². The summed E-state index contributed by atoms with van der Waals surface area (Å²) in [7, 11) is 2.15. The first-order chi connectivity index (χ1) is 9.47. The number of piperidine rings is 1. The Kier molecular flexibility index (Phi) is 4.60. The van der Waals surface area contributed by atoms with E-state index in [0.29, 0.717) is 12.0 Å². The van der Waals surface area contributed by atoms with Crippen molar-refractivity contribution in [2.24, 2.45) is 5.92 Å². The van der Waals surface area contributed by atoms with Gasteiger partial charge in [-0.3, -0.25) is 10.1 Å². The van der Waals surface area contributed by atoms with Crippen LogP contribution in [-0.2, 0) is 0 Å². The lowest BCUT2D eigenvalue weighted by Gasteiger charge is -2.33. The Morgan fingerprint density at radius 3 is 2.65 bits per heavy atom. The van der Waals surface area contributed by atoms with Crippen LogP contribution in [0.1, 0.15) is 25.3 Å². The number of anilines is 1. The van der Waals surface area contributed by atoms with Gasteiger partial charge in [0.2, 0.25) is 0 Å². The second kappa shape index (κ2) is 6.22. The molecule has 0 spiro atoms. The van der Waals surface area contributed by atoms with Gasteiger partial charge in [0.1, 0.15) is 0 Å². The van der Waals surface area contributed by atoms with Crippen molar-refractivity contribution in [3.8, 4) is 0 Å². The smallest absolute Gasteiger partial charge is 0.271 e. The number of likely N-dealkylation sites (tertiary alicyclic amines) is 1. The predicted molar refractivity (Wildman–Crippen MR) is 81.1 cm³/mol. The van der Waals surface area contributed by atoms with Crippen molar-refractivity contribution < 1.29 is 4.92 Å². The molecule has 2 rings (SSSR count). The highest BCUT2D eigenvalue weighted by atomic mass is 16.6. The van der Waals surface area contributed by atoms with Crippen LogP contribution in [0.5, 0.6) is 0 Å². The van der Waals surface area contributed by atoms with E-state index in [1.807, 2.05) is 13.0 Å². The summed E-state index contributed by atoms with van der Waals surface area (Å²) in [5, 5.41) is 14.3. The Balaban J connectivity index is 2.05. The maximum Gasteiger partial charge on any atom is 0.271 e. The first-order valence-corrected chi connectivity index (χ1v) is 7.17. The van der Waals surface area contributed by atoms with E-state index >= 15 is 0 Å². The van der Waals surface area contributed by atoms with Crippen molar-refractivity contribution in [1.82, 2.24) is 4.90 Å². The molecule has 0 aromatic heterocycles. The van der Waals surface area contributed by atoms with Crippen molar-refractivity contribution in [2.45, 2.75) is 32.7 Å². The fourth-order valence-electron chi connectivity index (χ4n) is 2.77. The SMILES string of the molecule is Cc1ccc([N+](=O)[O-])cc1NC(C)C1CCN(C)CC1. The van der Waals surface area contributed by atoms with Crippen molar-refractivity contribution in [3.63, 3.8) is 0 Å². The first-order valence-electron chi connectivity index (χ1n) is 7.17. The highest BCUT2D eigenvalue weighted by Crippen LogP contribution is 2.26. The number of nitro benzene ring substituents is 1. The van der Waals surface area contributed by atoms with Gasteiger partial charge in [0, 0.05) is 23.9 Å². The van der Waals surface area contributed by atoms with E-state index in [0.717, 1.165) is 24.3 Å². The zero-order chi connectivity index (χ0) is 14.7. The lowest BCUT2D eigenvalue weighted by atomic mass is 9.90. The normalized spacial score (nSPS) is 18.8. The maximum absolute atomic E-state index is 10.9. The number of nitrogens with one attached hydrogen (secondary N) is 1. The number of non-ortho nitro benzene ring substituents is 1. The maximum atomic E-state index is 10.9. The molecule has 1 unspecified atom stereocenters. The van der Waals surface area contributed by atoms with Gasteiger partial charge in [0.25, 0.3) is 5.69 Å². The molecule has 1 aliphatic rings. The second-order valence-electron chi connectivity index (χ2n) is 5.83. The highest BCUT2D eigenvalue weighted by Gasteiger charge is 2.22. The molecule has 5 heteroatoms. The Morgan fingerprint density at radius 2 is 2.05 bits per heavy atom. The molecule has 1 aromatic rings. The molecule has 1 N–H and O–H groups in total. The molecule has 110 valence electrons. The molecule has 1 atom stereocenters. The monoisotopic (exact) mass is 277 g/mol. The standard InChI is InChI=1S/C15H23N3O2/c1-11-4-5-14(18(19)20)10-15(11)16-12(2)13-6-8-17(3)9-7-13/h4-5,10,12-13,16H,6-9H2,1-3H3. The summed E-state index contributed by atoms with van der Waals surface area (Å²) in [6.07, 6.45) is 2.36. The minimum atomic E-state index is -0.342. The summed E-state index contributed by atoms with van der Waals surface area (Å²) < 4.78 is 0. The van der Waals surface area contributed by atoms with Crippen LogP contribution in [-0.4, -0.2) is 36.0 Å². The van der Waals surface area contributed by atoms with Gasteiger partial charge < -0.3 is 10.2 Å². The van der Waals surface area contributed by atoms with Crippen LogP contribution < -0.4 is 5.32 Å². The number of hydrogen-bond donors (Lipinski definition) is 1. The van der Waals surface area contributed by atoms with Crippen LogP contribution in [0.4, 0.5) is 11.4 Å². The van der Waals surface area contributed by atoms with E-state index in [4.69, 9.17) is 0 Å². The van der Waals surface area contributed by atoms with Gasteiger partial charge >= 0.3 is 0 Å². The molecule has 20 heavy (non-hydrogen) atoms. The molecule has 1 aliphatic heterocycles. The molecular weight excluding hydrogens is 254 g/mol. The minimum Gasteiger partial charge on any atom is -0.382 e. The van der Waals surface area contributed by atoms with E-state index < -0.39 is 0 Å². The topological polar surface area (TPSA) is 58.4 Å². The fourth-order valence-corrected chi connectivity index (χ4v) is 2.77. The van der Waals surface area contributed by atoms with Crippen molar-refractivity contribution >= 4 is 11.4 Å². The third-order valence-electron chi connectivity index (χ3n) is 4.29. The van der Waals surface area contributed by atoms with Crippen LogP contribution in [0.15, 0.2) is 18.2 Å². The number of aryl methyl sites for hydroxylation is 1. The minimum absolute atomic E-state index is 0.147. The quantitative estimate of drug-likeness (QED) is 0.679. The molecule has 1 fully saturated rings. The lowest BCUT2D eigenvalue weighted by Crippen LogP contribution is -2.37. The van der Waals surface area contributed by atoms with E-state index in [1.54, 1.807) is 12.1 Å². The van der Waals surface area contributed by atoms with Gasteiger partial charge in [-0.1, -0.05) is 6.07 Å². The third-order valence-corrected chi connectivity index (χ3v) is 4.29. The average Bonchev–Trinajstić information content (AvgIpc) is 2.41. The largest absolute Gasteiger partial charge is 0.382 e. The number of hydrogen-bond acceptors (Lipinski definition) is 4. The Hall–Kier alpha value is -1.62. The summed E-state index contributed by atoms with van der Waals surface area (Å²) >= 11 is 0. The van der Waals surface area contributed by atoms with E-state index in [9.17, 15) is 10.1 Å². The average molecular weight is 277 g/mol. The van der Waals surface area contributed by atoms with Gasteiger partial charge in [-0.2, -0.15) is 0 Å². The second-order valence-corrected chi connectivity index (χ2v) is 5.83. The predicted octanol–water partition coefficient (Wildman–Crippen LogP) is 3.05. The highest BCUT2D eigenvalue weighted by molar-refractivity contribution is 5.57. The zero-order valence-electron chi connectivity index (χ0n) is 12.4. The van der Waals surface area contributed by atoms with Gasteiger partial charge in [-0.15, -0.1) is 0 Å². The van der Waals surface area contributed by atoms with E-state index in [-0.39, 0.29) is 10.6 Å². The number of nitro groups is 1. The van der Waals surface area contributed by atoms with Crippen LogP contribution in [0.3, 0.4) is 0 Å². The van der Waals surface area contributed by atoms with Crippen LogP contribution >= 0.6 is 0 Å². The zero-order valence-corrected chi connectivity index (χ0v) is 12.4. The Morgan fingerprint density at radius 1 is 1.40 bits per heavy atom. The Bertz CT molecular complexity index is 482. The van der Waals surface area contributed by atoms with Crippen molar-refractivity contribution in [1.29, 1.82) is 0 Å². The molecule has 0 radical (unpaired) electrons. The molecule has 0 aliphatic carbocycles. The molecule has 1 aromatic carbocycles. The number of benzene rings is 1. The number of nitrogens with zero attached hydrogens (tertiary/aromatic N) is 2. The fraction of sp³-hybridized carbons (Fsp3) is 0.600. The molecule has 1 saturated heterocycles. The van der Waals surface area contributed by atoms with E-state index in [1.165, 1.54) is 12.8 Å². The summed E-state index contributed by atoms with van der Waals surface area (Å²) in [6, 6.07) is 5.34. The van der Waals surface area contributed by atoms with Gasteiger partial charge in [-0.25, -0.2) is 0 Å². The third kappa shape index (κ3) is 3.48. The van der Waals surface area contributed by atoms with E-state index in [2.05, 4.69) is 24.2 Å². The summed E-state index contributed by atoms with van der Waals surface area (Å²) in [5.74, 6) is 0.630. The molecular formula is C15H23N3O2. The first kappa shape index (κ1) is 14.8.